The predicted molar refractivity (Wildman–Crippen MR) is 60.3 cm³/mol. The Labute approximate surface area is 95.1 Å². The highest BCUT2D eigenvalue weighted by Gasteiger charge is 1.99. The molecular formula is C11H16ClNO2. The lowest BCUT2D eigenvalue weighted by atomic mass is 10.2. The van der Waals surface area contributed by atoms with Crippen molar-refractivity contribution >= 4 is 11.6 Å². The number of pyridine rings is 1. The normalized spacial score (nSPS) is 10.3. The molecule has 4 heteroatoms. The van der Waals surface area contributed by atoms with Crippen molar-refractivity contribution in [2.24, 2.45) is 0 Å². The minimum atomic E-state index is 0.273. The molecule has 0 aromatic carbocycles. The Balaban J connectivity index is 2.12. The lowest BCUT2D eigenvalue weighted by Crippen LogP contribution is -1.98. The molecule has 1 N–H and O–H groups in total. The Kier molecular flexibility index (Phi) is 6.12. The van der Waals surface area contributed by atoms with Gasteiger partial charge in [0.05, 0.1) is 6.61 Å². The summed E-state index contributed by atoms with van der Waals surface area (Å²) in [6.07, 6.45) is 5.59. The van der Waals surface area contributed by atoms with Crippen LogP contribution in [-0.4, -0.2) is 23.3 Å². The first-order valence-electron chi connectivity index (χ1n) is 5.19. The molecule has 1 heterocycles. The summed E-state index contributed by atoms with van der Waals surface area (Å²) in [7, 11) is 0. The van der Waals surface area contributed by atoms with Gasteiger partial charge in [-0.3, -0.25) is 0 Å². The van der Waals surface area contributed by atoms with Crippen LogP contribution in [-0.2, 0) is 0 Å². The fraction of sp³-hybridized carbons (Fsp3) is 0.545. The Hall–Kier alpha value is -0.800. The zero-order chi connectivity index (χ0) is 10.9. The molecule has 0 atom stereocenters. The van der Waals surface area contributed by atoms with Gasteiger partial charge in [0.1, 0.15) is 0 Å². The van der Waals surface area contributed by atoms with E-state index in [1.54, 1.807) is 12.3 Å². The molecule has 15 heavy (non-hydrogen) atoms. The number of rotatable bonds is 7. The molecule has 0 fully saturated rings. The number of unbranched alkanes of at least 4 members (excludes halogenated alkanes) is 3. The van der Waals surface area contributed by atoms with E-state index in [4.69, 9.17) is 21.4 Å². The van der Waals surface area contributed by atoms with Crippen LogP contribution < -0.4 is 4.74 Å². The van der Waals surface area contributed by atoms with Crippen molar-refractivity contribution in [2.45, 2.75) is 25.7 Å². The number of aliphatic hydroxyl groups is 1. The summed E-state index contributed by atoms with van der Waals surface area (Å²) in [5.74, 6) is 0.640. The van der Waals surface area contributed by atoms with E-state index >= 15 is 0 Å². The highest BCUT2D eigenvalue weighted by Crippen LogP contribution is 2.20. The standard InChI is InChI=1S/C11H16ClNO2/c12-11-10(6-5-7-13-11)15-9-4-2-1-3-8-14/h5-7,14H,1-4,8-9H2. The van der Waals surface area contributed by atoms with Gasteiger partial charge in [-0.05, 0) is 31.4 Å². The van der Waals surface area contributed by atoms with Gasteiger partial charge in [0.2, 0.25) is 0 Å². The zero-order valence-electron chi connectivity index (χ0n) is 8.66. The number of ether oxygens (including phenoxy) is 1. The first kappa shape index (κ1) is 12.3. The molecule has 0 saturated heterocycles. The summed E-state index contributed by atoms with van der Waals surface area (Å²) in [6.45, 7) is 0.923. The molecule has 0 aliphatic carbocycles. The number of hydrogen-bond donors (Lipinski definition) is 1. The first-order chi connectivity index (χ1) is 7.34. The minimum absolute atomic E-state index is 0.273. The number of halogens is 1. The summed E-state index contributed by atoms with van der Waals surface area (Å²) in [4.78, 5) is 3.91. The summed E-state index contributed by atoms with van der Waals surface area (Å²) >= 11 is 5.82. The SMILES string of the molecule is OCCCCCCOc1cccnc1Cl. The topological polar surface area (TPSA) is 42.4 Å². The summed E-state index contributed by atoms with van der Waals surface area (Å²) in [6, 6.07) is 3.61. The first-order valence-corrected chi connectivity index (χ1v) is 5.56. The Bertz CT molecular complexity index is 281. The van der Waals surface area contributed by atoms with Crippen LogP contribution in [0.1, 0.15) is 25.7 Å². The van der Waals surface area contributed by atoms with Gasteiger partial charge in [-0.15, -0.1) is 0 Å². The molecule has 0 bridgehead atoms. The molecule has 0 spiro atoms. The quantitative estimate of drug-likeness (QED) is 0.578. The van der Waals surface area contributed by atoms with E-state index in [1.807, 2.05) is 6.07 Å². The molecular weight excluding hydrogens is 214 g/mol. The number of nitrogens with zero attached hydrogens (tertiary/aromatic N) is 1. The van der Waals surface area contributed by atoms with E-state index in [9.17, 15) is 0 Å². The maximum atomic E-state index is 8.58. The zero-order valence-corrected chi connectivity index (χ0v) is 9.41. The average molecular weight is 230 g/mol. The van der Waals surface area contributed by atoms with Crippen molar-refractivity contribution in [3.05, 3.63) is 23.5 Å². The molecule has 0 aliphatic rings. The van der Waals surface area contributed by atoms with Gasteiger partial charge in [0.25, 0.3) is 0 Å². The van der Waals surface area contributed by atoms with Crippen LogP contribution in [0.25, 0.3) is 0 Å². The van der Waals surface area contributed by atoms with Gasteiger partial charge in [-0.1, -0.05) is 18.0 Å². The van der Waals surface area contributed by atoms with Gasteiger partial charge in [-0.2, -0.15) is 0 Å². The van der Waals surface area contributed by atoms with Crippen LogP contribution in [0.2, 0.25) is 5.15 Å². The lowest BCUT2D eigenvalue weighted by Gasteiger charge is -2.06. The van der Waals surface area contributed by atoms with Gasteiger partial charge < -0.3 is 9.84 Å². The molecule has 0 unspecified atom stereocenters. The smallest absolute Gasteiger partial charge is 0.171 e. The molecule has 0 saturated carbocycles. The van der Waals surface area contributed by atoms with Crippen LogP contribution in [0.3, 0.4) is 0 Å². The Morgan fingerprint density at radius 3 is 2.80 bits per heavy atom. The Morgan fingerprint density at radius 2 is 2.07 bits per heavy atom. The van der Waals surface area contributed by atoms with Crippen molar-refractivity contribution in [1.29, 1.82) is 0 Å². The van der Waals surface area contributed by atoms with E-state index in [2.05, 4.69) is 4.98 Å². The fourth-order valence-corrected chi connectivity index (χ4v) is 1.40. The van der Waals surface area contributed by atoms with Gasteiger partial charge in [0, 0.05) is 12.8 Å². The predicted octanol–water partition coefficient (Wildman–Crippen LogP) is 2.67. The molecule has 1 rings (SSSR count). The number of aliphatic hydroxyl groups excluding tert-OH is 1. The number of aromatic nitrogens is 1. The van der Waals surface area contributed by atoms with Gasteiger partial charge in [0.15, 0.2) is 10.9 Å². The third-order valence-corrected chi connectivity index (χ3v) is 2.32. The maximum absolute atomic E-state index is 8.58. The van der Waals surface area contributed by atoms with E-state index in [0.717, 1.165) is 25.7 Å². The third-order valence-electron chi connectivity index (χ3n) is 2.03. The van der Waals surface area contributed by atoms with Crippen LogP contribution in [0, 0.1) is 0 Å². The van der Waals surface area contributed by atoms with Gasteiger partial charge in [-0.25, -0.2) is 4.98 Å². The lowest BCUT2D eigenvalue weighted by molar-refractivity contribution is 0.273. The highest BCUT2D eigenvalue weighted by molar-refractivity contribution is 6.30. The van der Waals surface area contributed by atoms with Crippen molar-refractivity contribution in [3.8, 4) is 5.75 Å². The molecule has 3 nitrogen and oxygen atoms in total. The maximum Gasteiger partial charge on any atom is 0.171 e. The van der Waals surface area contributed by atoms with Crippen LogP contribution in [0.15, 0.2) is 18.3 Å². The molecule has 84 valence electrons. The molecule has 1 aromatic heterocycles. The second kappa shape index (κ2) is 7.49. The Morgan fingerprint density at radius 1 is 1.27 bits per heavy atom. The third kappa shape index (κ3) is 5.00. The molecule has 0 aliphatic heterocycles. The summed E-state index contributed by atoms with van der Waals surface area (Å²) in [5, 5.41) is 8.99. The molecule has 0 amide bonds. The van der Waals surface area contributed by atoms with Crippen molar-refractivity contribution in [1.82, 2.24) is 4.98 Å². The monoisotopic (exact) mass is 229 g/mol. The van der Waals surface area contributed by atoms with Crippen molar-refractivity contribution < 1.29 is 9.84 Å². The summed E-state index contributed by atoms with van der Waals surface area (Å²) in [5.41, 5.74) is 0. The van der Waals surface area contributed by atoms with Gasteiger partial charge >= 0.3 is 0 Å². The summed E-state index contributed by atoms with van der Waals surface area (Å²) < 4.78 is 5.46. The van der Waals surface area contributed by atoms with E-state index < -0.39 is 0 Å². The van der Waals surface area contributed by atoms with E-state index in [0.29, 0.717) is 17.5 Å². The largest absolute Gasteiger partial charge is 0.490 e. The van der Waals surface area contributed by atoms with Crippen LogP contribution >= 0.6 is 11.6 Å². The number of hydrogen-bond acceptors (Lipinski definition) is 3. The molecule has 0 radical (unpaired) electrons. The van der Waals surface area contributed by atoms with Crippen LogP contribution in [0.4, 0.5) is 0 Å². The van der Waals surface area contributed by atoms with E-state index in [-0.39, 0.29) is 6.61 Å². The van der Waals surface area contributed by atoms with Crippen molar-refractivity contribution in [2.75, 3.05) is 13.2 Å². The average Bonchev–Trinajstić information content (AvgIpc) is 2.25. The fourth-order valence-electron chi connectivity index (χ4n) is 1.23. The molecule has 1 aromatic rings. The van der Waals surface area contributed by atoms with Crippen molar-refractivity contribution in [3.63, 3.8) is 0 Å². The van der Waals surface area contributed by atoms with E-state index in [1.165, 1.54) is 0 Å². The highest BCUT2D eigenvalue weighted by atomic mass is 35.5. The second-order valence-corrected chi connectivity index (χ2v) is 3.64. The van der Waals surface area contributed by atoms with Crippen LogP contribution in [0.5, 0.6) is 5.75 Å². The minimum Gasteiger partial charge on any atom is -0.490 e. The second-order valence-electron chi connectivity index (χ2n) is 3.28.